The van der Waals surface area contributed by atoms with Gasteiger partial charge in [-0.3, -0.25) is 0 Å². The maximum atomic E-state index is 6.07. The van der Waals surface area contributed by atoms with Crippen molar-refractivity contribution in [3.05, 3.63) is 59.2 Å². The van der Waals surface area contributed by atoms with Crippen LogP contribution in [0.4, 0.5) is 0 Å². The Bertz CT molecular complexity index is 722. The molecule has 0 spiro atoms. The molecule has 0 aliphatic rings. The summed E-state index contributed by atoms with van der Waals surface area (Å²) >= 11 is 0. The van der Waals surface area contributed by atoms with Gasteiger partial charge in [-0.05, 0) is 58.7 Å². The fourth-order valence-corrected chi connectivity index (χ4v) is 2.94. The van der Waals surface area contributed by atoms with Crippen molar-refractivity contribution in [2.45, 2.75) is 58.8 Å². The van der Waals surface area contributed by atoms with Crippen LogP contribution in [0.15, 0.2) is 42.5 Å². The van der Waals surface area contributed by atoms with E-state index in [4.69, 9.17) is 15.2 Å². The van der Waals surface area contributed by atoms with Crippen molar-refractivity contribution in [3.63, 3.8) is 0 Å². The third-order valence-corrected chi connectivity index (χ3v) is 4.62. The second kappa shape index (κ2) is 8.79. The van der Waals surface area contributed by atoms with Crippen molar-refractivity contribution in [2.24, 2.45) is 5.73 Å². The van der Waals surface area contributed by atoms with E-state index < -0.39 is 0 Å². The van der Waals surface area contributed by atoms with Crippen molar-refractivity contribution < 1.29 is 9.47 Å². The average Bonchev–Trinajstić information content (AvgIpc) is 2.58. The number of hydrogen-bond donors (Lipinski definition) is 1. The molecular formula is C24H35NO2. The highest BCUT2D eigenvalue weighted by molar-refractivity contribution is 5.43. The summed E-state index contributed by atoms with van der Waals surface area (Å²) < 4.78 is 11.9. The first-order chi connectivity index (χ1) is 12.6. The van der Waals surface area contributed by atoms with E-state index in [0.717, 1.165) is 17.9 Å². The van der Waals surface area contributed by atoms with Crippen LogP contribution >= 0.6 is 0 Å². The summed E-state index contributed by atoms with van der Waals surface area (Å²) in [5.41, 5.74) is 9.52. The lowest BCUT2D eigenvalue weighted by Gasteiger charge is -2.27. The molecule has 0 bridgehead atoms. The summed E-state index contributed by atoms with van der Waals surface area (Å²) in [6, 6.07) is 14.7. The molecule has 0 amide bonds. The highest BCUT2D eigenvalue weighted by Crippen LogP contribution is 2.35. The van der Waals surface area contributed by atoms with E-state index >= 15 is 0 Å². The van der Waals surface area contributed by atoms with Gasteiger partial charge in [-0.1, -0.05) is 65.8 Å². The number of rotatable bonds is 7. The predicted octanol–water partition coefficient (Wildman–Crippen LogP) is 5.24. The average molecular weight is 370 g/mol. The Labute approximate surface area is 164 Å². The summed E-state index contributed by atoms with van der Waals surface area (Å²) in [7, 11) is 0. The van der Waals surface area contributed by atoms with Gasteiger partial charge in [0.05, 0.1) is 0 Å². The SMILES string of the molecule is CC(C)(C)c1ccc(OCCOc2ccc(CCN)cc2)c(C(C)(C)C)c1. The second-order valence-electron chi connectivity index (χ2n) is 9.09. The molecule has 27 heavy (non-hydrogen) atoms. The molecule has 2 aromatic rings. The molecule has 0 heterocycles. The summed E-state index contributed by atoms with van der Waals surface area (Å²) in [6.45, 7) is 15.1. The zero-order valence-corrected chi connectivity index (χ0v) is 17.8. The Morgan fingerprint density at radius 3 is 1.96 bits per heavy atom. The van der Waals surface area contributed by atoms with Crippen LogP contribution in [0.3, 0.4) is 0 Å². The molecule has 148 valence electrons. The summed E-state index contributed by atoms with van der Waals surface area (Å²) in [4.78, 5) is 0. The van der Waals surface area contributed by atoms with Crippen molar-refractivity contribution in [3.8, 4) is 11.5 Å². The third-order valence-electron chi connectivity index (χ3n) is 4.62. The Morgan fingerprint density at radius 1 is 0.778 bits per heavy atom. The van der Waals surface area contributed by atoms with Gasteiger partial charge < -0.3 is 15.2 Å². The van der Waals surface area contributed by atoms with E-state index in [0.29, 0.717) is 19.8 Å². The summed E-state index contributed by atoms with van der Waals surface area (Å²) in [5.74, 6) is 1.80. The van der Waals surface area contributed by atoms with Gasteiger partial charge in [-0.2, -0.15) is 0 Å². The standard InChI is InChI=1S/C24H35NO2/c1-23(2,3)19-9-12-22(21(17-19)24(4,5)6)27-16-15-26-20-10-7-18(8-11-20)13-14-25/h7-12,17H,13-16,25H2,1-6H3. The van der Waals surface area contributed by atoms with E-state index in [2.05, 4.69) is 71.9 Å². The molecule has 2 rings (SSSR count). The van der Waals surface area contributed by atoms with E-state index in [9.17, 15) is 0 Å². The second-order valence-corrected chi connectivity index (χ2v) is 9.09. The van der Waals surface area contributed by atoms with Crippen LogP contribution in [-0.2, 0) is 17.3 Å². The van der Waals surface area contributed by atoms with Crippen LogP contribution in [0.25, 0.3) is 0 Å². The minimum Gasteiger partial charge on any atom is -0.490 e. The van der Waals surface area contributed by atoms with Gasteiger partial charge in [0.25, 0.3) is 0 Å². The quantitative estimate of drug-likeness (QED) is 0.679. The summed E-state index contributed by atoms with van der Waals surface area (Å²) in [5, 5.41) is 0. The fraction of sp³-hybridized carbons (Fsp3) is 0.500. The molecule has 0 saturated carbocycles. The van der Waals surface area contributed by atoms with Gasteiger partial charge in [0.2, 0.25) is 0 Å². The molecule has 0 unspecified atom stereocenters. The highest BCUT2D eigenvalue weighted by atomic mass is 16.5. The molecule has 0 saturated heterocycles. The van der Waals surface area contributed by atoms with Crippen molar-refractivity contribution in [1.29, 1.82) is 0 Å². The van der Waals surface area contributed by atoms with Crippen LogP contribution in [0, 0.1) is 0 Å². The maximum Gasteiger partial charge on any atom is 0.123 e. The number of hydrogen-bond acceptors (Lipinski definition) is 3. The lowest BCUT2D eigenvalue weighted by Crippen LogP contribution is -2.18. The van der Waals surface area contributed by atoms with Crippen LogP contribution in [-0.4, -0.2) is 19.8 Å². The zero-order chi connectivity index (χ0) is 20.1. The Morgan fingerprint density at radius 2 is 1.41 bits per heavy atom. The van der Waals surface area contributed by atoms with Crippen molar-refractivity contribution in [2.75, 3.05) is 19.8 Å². The minimum atomic E-state index is 0.0241. The van der Waals surface area contributed by atoms with E-state index in [1.807, 2.05) is 12.1 Å². The van der Waals surface area contributed by atoms with Crippen LogP contribution in [0.1, 0.15) is 58.2 Å². The van der Waals surface area contributed by atoms with Gasteiger partial charge >= 0.3 is 0 Å². The normalized spacial score (nSPS) is 12.1. The van der Waals surface area contributed by atoms with Gasteiger partial charge in [0.1, 0.15) is 24.7 Å². The largest absolute Gasteiger partial charge is 0.490 e. The molecule has 3 heteroatoms. The molecule has 0 atom stereocenters. The highest BCUT2D eigenvalue weighted by Gasteiger charge is 2.23. The molecule has 0 aliphatic heterocycles. The number of ether oxygens (including phenoxy) is 2. The third kappa shape index (κ3) is 6.28. The topological polar surface area (TPSA) is 44.5 Å². The molecular weight excluding hydrogens is 334 g/mol. The smallest absolute Gasteiger partial charge is 0.123 e. The van der Waals surface area contributed by atoms with Gasteiger partial charge in [0, 0.05) is 0 Å². The first-order valence-electron chi connectivity index (χ1n) is 9.81. The maximum absolute atomic E-state index is 6.07. The monoisotopic (exact) mass is 369 g/mol. The lowest BCUT2D eigenvalue weighted by molar-refractivity contribution is 0.214. The van der Waals surface area contributed by atoms with Crippen molar-refractivity contribution >= 4 is 0 Å². The Hall–Kier alpha value is -2.00. The Balaban J connectivity index is 1.98. The molecule has 2 N–H and O–H groups in total. The zero-order valence-electron chi connectivity index (χ0n) is 17.8. The molecule has 0 fully saturated rings. The minimum absolute atomic E-state index is 0.0241. The van der Waals surface area contributed by atoms with Gasteiger partial charge in [0.15, 0.2) is 0 Å². The van der Waals surface area contributed by atoms with E-state index in [1.165, 1.54) is 16.7 Å². The van der Waals surface area contributed by atoms with E-state index in [1.54, 1.807) is 0 Å². The molecule has 3 nitrogen and oxygen atoms in total. The number of benzene rings is 2. The van der Waals surface area contributed by atoms with Crippen molar-refractivity contribution in [1.82, 2.24) is 0 Å². The summed E-state index contributed by atoms with van der Waals surface area (Å²) in [6.07, 6.45) is 0.892. The lowest BCUT2D eigenvalue weighted by atomic mass is 9.80. The van der Waals surface area contributed by atoms with Crippen LogP contribution in [0.5, 0.6) is 11.5 Å². The first-order valence-corrected chi connectivity index (χ1v) is 9.81. The predicted molar refractivity (Wildman–Crippen MR) is 114 cm³/mol. The number of nitrogens with two attached hydrogens (primary N) is 1. The molecule has 0 radical (unpaired) electrons. The van der Waals surface area contributed by atoms with Crippen LogP contribution < -0.4 is 15.2 Å². The first kappa shape index (κ1) is 21.3. The molecule has 2 aromatic carbocycles. The van der Waals surface area contributed by atoms with Gasteiger partial charge in [-0.15, -0.1) is 0 Å². The Kier molecular flexibility index (Phi) is 6.94. The van der Waals surface area contributed by atoms with E-state index in [-0.39, 0.29) is 10.8 Å². The fourth-order valence-electron chi connectivity index (χ4n) is 2.94. The van der Waals surface area contributed by atoms with Gasteiger partial charge in [-0.25, -0.2) is 0 Å². The molecule has 0 aromatic heterocycles. The molecule has 0 aliphatic carbocycles. The van der Waals surface area contributed by atoms with Crippen LogP contribution in [0.2, 0.25) is 0 Å².